The number of hydrogen-bond donors (Lipinski definition) is 2. The summed E-state index contributed by atoms with van der Waals surface area (Å²) in [4.78, 5) is 0.138. The molecule has 0 amide bonds. The van der Waals surface area contributed by atoms with E-state index in [2.05, 4.69) is 10.0 Å². The summed E-state index contributed by atoms with van der Waals surface area (Å²) in [5, 5.41) is 3.47. The van der Waals surface area contributed by atoms with Crippen LogP contribution in [0.15, 0.2) is 33.6 Å². The maximum Gasteiger partial charge on any atom is 0.265 e. The van der Waals surface area contributed by atoms with Gasteiger partial charge in [0.05, 0.1) is 12.2 Å². The van der Waals surface area contributed by atoms with Gasteiger partial charge in [0.25, 0.3) is 10.0 Å². The highest BCUT2D eigenvalue weighted by molar-refractivity contribution is 14.1. The Morgan fingerprint density at radius 2 is 2.05 bits per heavy atom. The molecule has 0 saturated carbocycles. The smallest absolute Gasteiger partial charge is 0.265 e. The van der Waals surface area contributed by atoms with Crippen molar-refractivity contribution in [3.8, 4) is 0 Å². The lowest BCUT2D eigenvalue weighted by Gasteiger charge is -2.09. The van der Waals surface area contributed by atoms with E-state index in [1.165, 1.54) is 6.07 Å². The zero-order chi connectivity index (χ0) is 15.6. The molecule has 0 atom stereocenters. The Balaban J connectivity index is 2.34. The van der Waals surface area contributed by atoms with Crippen molar-refractivity contribution in [2.75, 3.05) is 11.8 Å². The number of sulfonamides is 1. The van der Waals surface area contributed by atoms with E-state index in [-0.39, 0.29) is 4.90 Å². The molecular weight excluding hydrogens is 427 g/mol. The van der Waals surface area contributed by atoms with Crippen LogP contribution in [-0.4, -0.2) is 15.5 Å². The predicted molar refractivity (Wildman–Crippen MR) is 91.2 cm³/mol. The number of rotatable bonds is 5. The molecule has 0 aliphatic rings. The first-order chi connectivity index (χ1) is 9.83. The van der Waals surface area contributed by atoms with Crippen LogP contribution in [0.3, 0.4) is 0 Å². The summed E-state index contributed by atoms with van der Waals surface area (Å²) in [5.74, 6) is 0.929. The van der Waals surface area contributed by atoms with Crippen LogP contribution in [-0.2, 0) is 16.6 Å². The molecule has 2 aromatic rings. The van der Waals surface area contributed by atoms with E-state index in [0.717, 1.165) is 3.57 Å². The second-order valence-corrected chi connectivity index (χ2v) is 7.64. The van der Waals surface area contributed by atoms with Gasteiger partial charge in [0.15, 0.2) is 0 Å². The van der Waals surface area contributed by atoms with Crippen molar-refractivity contribution in [1.82, 2.24) is 5.32 Å². The quantitative estimate of drug-likeness (QED) is 0.700. The van der Waals surface area contributed by atoms with Gasteiger partial charge in [-0.25, -0.2) is 8.42 Å². The molecule has 0 aliphatic carbocycles. The van der Waals surface area contributed by atoms with Crippen molar-refractivity contribution in [3.05, 3.63) is 44.4 Å². The topological polar surface area (TPSA) is 71.3 Å². The first-order valence-electron chi connectivity index (χ1n) is 6.05. The Labute approximate surface area is 142 Å². The molecule has 0 saturated heterocycles. The SMILES string of the molecule is CNCc1cc(S(=O)(=O)Nc2ccc(Cl)cc2I)c(C)o1. The second-order valence-electron chi connectivity index (χ2n) is 4.39. The molecule has 0 spiro atoms. The fourth-order valence-corrected chi connectivity index (χ4v) is 4.30. The highest BCUT2D eigenvalue weighted by Crippen LogP contribution is 2.27. The minimum atomic E-state index is -3.70. The average molecular weight is 441 g/mol. The zero-order valence-electron chi connectivity index (χ0n) is 11.4. The van der Waals surface area contributed by atoms with Crippen molar-refractivity contribution in [2.45, 2.75) is 18.4 Å². The monoisotopic (exact) mass is 440 g/mol. The van der Waals surface area contributed by atoms with E-state index in [0.29, 0.717) is 28.8 Å². The molecule has 0 aliphatic heterocycles. The van der Waals surface area contributed by atoms with Gasteiger partial charge in [-0.1, -0.05) is 11.6 Å². The minimum absolute atomic E-state index is 0.138. The molecule has 114 valence electrons. The van der Waals surface area contributed by atoms with Gasteiger partial charge in [-0.3, -0.25) is 4.72 Å². The Hall–Kier alpha value is -0.770. The van der Waals surface area contributed by atoms with Crippen molar-refractivity contribution < 1.29 is 12.8 Å². The molecule has 1 aromatic carbocycles. The number of anilines is 1. The summed E-state index contributed by atoms with van der Waals surface area (Å²) in [6.07, 6.45) is 0. The maximum atomic E-state index is 12.4. The third kappa shape index (κ3) is 3.91. The largest absolute Gasteiger partial charge is 0.464 e. The third-order valence-electron chi connectivity index (χ3n) is 2.74. The number of nitrogens with one attached hydrogen (secondary N) is 2. The fourth-order valence-electron chi connectivity index (χ4n) is 1.82. The van der Waals surface area contributed by atoms with Crippen molar-refractivity contribution >= 4 is 49.9 Å². The van der Waals surface area contributed by atoms with E-state index < -0.39 is 10.0 Å². The molecule has 1 aromatic heterocycles. The molecule has 0 bridgehead atoms. The first kappa shape index (κ1) is 16.6. The van der Waals surface area contributed by atoms with E-state index in [1.807, 2.05) is 22.6 Å². The molecular formula is C13H14ClIN2O3S. The van der Waals surface area contributed by atoms with Gasteiger partial charge in [0, 0.05) is 14.7 Å². The van der Waals surface area contributed by atoms with Crippen LogP contribution in [0, 0.1) is 10.5 Å². The Morgan fingerprint density at radius 3 is 2.67 bits per heavy atom. The fraction of sp³-hybridized carbons (Fsp3) is 0.231. The molecule has 2 N–H and O–H groups in total. The summed E-state index contributed by atoms with van der Waals surface area (Å²) in [7, 11) is -1.93. The molecule has 0 fully saturated rings. The normalized spacial score (nSPS) is 11.6. The molecule has 2 rings (SSSR count). The number of aryl methyl sites for hydroxylation is 1. The number of halogens is 2. The third-order valence-corrected chi connectivity index (χ3v) is 5.34. The molecule has 5 nitrogen and oxygen atoms in total. The van der Waals surface area contributed by atoms with Crippen molar-refractivity contribution in [3.63, 3.8) is 0 Å². The minimum Gasteiger partial charge on any atom is -0.464 e. The molecule has 1 heterocycles. The number of benzene rings is 1. The lowest BCUT2D eigenvalue weighted by Crippen LogP contribution is -2.14. The number of furan rings is 1. The highest BCUT2D eigenvalue weighted by atomic mass is 127. The summed E-state index contributed by atoms with van der Waals surface area (Å²) >= 11 is 7.89. The van der Waals surface area contributed by atoms with Crippen LogP contribution >= 0.6 is 34.2 Å². The molecule has 0 unspecified atom stereocenters. The Morgan fingerprint density at radius 1 is 1.33 bits per heavy atom. The number of hydrogen-bond acceptors (Lipinski definition) is 4. The summed E-state index contributed by atoms with van der Waals surface area (Å²) < 4.78 is 33.6. The summed E-state index contributed by atoms with van der Waals surface area (Å²) in [5.41, 5.74) is 0.482. The van der Waals surface area contributed by atoms with Gasteiger partial charge in [-0.15, -0.1) is 0 Å². The van der Waals surface area contributed by atoms with E-state index in [9.17, 15) is 8.42 Å². The van der Waals surface area contributed by atoms with Gasteiger partial charge in [0.2, 0.25) is 0 Å². The lowest BCUT2D eigenvalue weighted by atomic mass is 10.3. The Bertz CT molecular complexity index is 759. The predicted octanol–water partition coefficient (Wildman–Crippen LogP) is 3.37. The van der Waals surface area contributed by atoms with Crippen LogP contribution in [0.5, 0.6) is 0 Å². The van der Waals surface area contributed by atoms with Crippen LogP contribution in [0.25, 0.3) is 0 Å². The van der Waals surface area contributed by atoms with Gasteiger partial charge >= 0.3 is 0 Å². The van der Waals surface area contributed by atoms with E-state index in [1.54, 1.807) is 32.2 Å². The van der Waals surface area contributed by atoms with Crippen molar-refractivity contribution in [2.24, 2.45) is 0 Å². The Kier molecular flexibility index (Phi) is 5.18. The van der Waals surface area contributed by atoms with Crippen LogP contribution < -0.4 is 10.0 Å². The standard InChI is InChI=1S/C13H14ClIN2O3S/c1-8-13(6-10(20-8)7-16-2)21(18,19)17-12-4-3-9(14)5-11(12)15/h3-6,16-17H,7H2,1-2H3. The van der Waals surface area contributed by atoms with E-state index in [4.69, 9.17) is 16.0 Å². The van der Waals surface area contributed by atoms with Gasteiger partial charge in [-0.05, 0) is 54.8 Å². The second kappa shape index (κ2) is 6.55. The van der Waals surface area contributed by atoms with E-state index >= 15 is 0 Å². The van der Waals surface area contributed by atoms with Gasteiger partial charge < -0.3 is 9.73 Å². The maximum absolute atomic E-state index is 12.4. The zero-order valence-corrected chi connectivity index (χ0v) is 15.1. The highest BCUT2D eigenvalue weighted by Gasteiger charge is 2.22. The van der Waals surface area contributed by atoms with Crippen molar-refractivity contribution in [1.29, 1.82) is 0 Å². The van der Waals surface area contributed by atoms with Gasteiger partial charge in [0.1, 0.15) is 16.4 Å². The lowest BCUT2D eigenvalue weighted by molar-refractivity contribution is 0.466. The molecule has 8 heteroatoms. The molecule has 0 radical (unpaired) electrons. The first-order valence-corrected chi connectivity index (χ1v) is 8.99. The molecule has 21 heavy (non-hydrogen) atoms. The van der Waals surface area contributed by atoms with Crippen LogP contribution in [0.1, 0.15) is 11.5 Å². The average Bonchev–Trinajstić information content (AvgIpc) is 2.75. The van der Waals surface area contributed by atoms with Gasteiger partial charge in [-0.2, -0.15) is 0 Å². The van der Waals surface area contributed by atoms with Crippen LogP contribution in [0.4, 0.5) is 5.69 Å². The summed E-state index contributed by atoms with van der Waals surface area (Å²) in [6, 6.07) is 6.48. The van der Waals surface area contributed by atoms with Crippen LogP contribution in [0.2, 0.25) is 5.02 Å². The summed E-state index contributed by atoms with van der Waals surface area (Å²) in [6.45, 7) is 2.09.